The quantitative estimate of drug-likeness (QED) is 0.721. The molecule has 0 radical (unpaired) electrons. The predicted octanol–water partition coefficient (Wildman–Crippen LogP) is 4.40. The number of benzene rings is 1. The van der Waals surface area contributed by atoms with Gasteiger partial charge in [0.2, 0.25) is 5.91 Å². The van der Waals surface area contributed by atoms with Gasteiger partial charge in [-0.25, -0.2) is 0 Å². The lowest BCUT2D eigenvalue weighted by molar-refractivity contribution is -0.133. The first kappa shape index (κ1) is 22.8. The van der Waals surface area contributed by atoms with E-state index in [2.05, 4.69) is 10.2 Å². The molecule has 2 fully saturated rings. The number of likely N-dealkylation sites (tertiary alicyclic amines) is 2. The molecular formula is C20H30Cl3N3O. The monoisotopic (exact) mass is 433 g/mol. The van der Waals surface area contributed by atoms with Crippen LogP contribution in [0.25, 0.3) is 0 Å². The van der Waals surface area contributed by atoms with Crippen molar-refractivity contribution in [3.05, 3.63) is 33.8 Å². The van der Waals surface area contributed by atoms with Gasteiger partial charge in [0, 0.05) is 6.54 Å². The number of halogens is 3. The maximum Gasteiger partial charge on any atom is 0.237 e. The SMILES string of the molecule is CNCCC1CCN(CC(=O)N2CCCC2c2ccc(Cl)c(Cl)c2)CC1.Cl. The van der Waals surface area contributed by atoms with Crippen LogP contribution < -0.4 is 5.32 Å². The van der Waals surface area contributed by atoms with E-state index >= 15 is 0 Å². The summed E-state index contributed by atoms with van der Waals surface area (Å²) in [5, 5.41) is 4.36. The van der Waals surface area contributed by atoms with Gasteiger partial charge >= 0.3 is 0 Å². The van der Waals surface area contributed by atoms with E-state index in [0.29, 0.717) is 16.6 Å². The average molecular weight is 435 g/mol. The minimum absolute atomic E-state index is 0. The lowest BCUT2D eigenvalue weighted by atomic mass is 9.93. The maximum atomic E-state index is 12.9. The second-order valence-electron chi connectivity index (χ2n) is 7.53. The topological polar surface area (TPSA) is 35.6 Å². The standard InChI is InChI=1S/C20H29Cl2N3O.ClH/c1-23-9-6-15-7-11-24(12-8-15)14-20(26)25-10-2-3-19(25)16-4-5-17(21)18(22)13-16;/h4-5,13,15,19,23H,2-3,6-12,14H2,1H3;1H. The van der Waals surface area contributed by atoms with Crippen molar-refractivity contribution in [1.82, 2.24) is 15.1 Å². The number of rotatable bonds is 6. The molecule has 4 nitrogen and oxygen atoms in total. The number of piperidine rings is 1. The number of carbonyl (C=O) groups is 1. The zero-order valence-corrected chi connectivity index (χ0v) is 18.3. The fraction of sp³-hybridized carbons (Fsp3) is 0.650. The summed E-state index contributed by atoms with van der Waals surface area (Å²) >= 11 is 12.2. The summed E-state index contributed by atoms with van der Waals surface area (Å²) in [6.45, 7) is 4.53. The number of hydrogen-bond acceptors (Lipinski definition) is 3. The molecule has 0 bridgehead atoms. The van der Waals surface area contributed by atoms with Crippen LogP contribution in [-0.4, -0.2) is 55.5 Å². The summed E-state index contributed by atoms with van der Waals surface area (Å²) in [5.41, 5.74) is 1.09. The van der Waals surface area contributed by atoms with Gasteiger partial charge in [-0.1, -0.05) is 29.3 Å². The van der Waals surface area contributed by atoms with Gasteiger partial charge in [0.1, 0.15) is 0 Å². The van der Waals surface area contributed by atoms with Crippen molar-refractivity contribution in [2.24, 2.45) is 5.92 Å². The van der Waals surface area contributed by atoms with E-state index in [1.54, 1.807) is 0 Å². The van der Waals surface area contributed by atoms with E-state index in [-0.39, 0.29) is 24.4 Å². The third-order valence-electron chi connectivity index (χ3n) is 5.77. The summed E-state index contributed by atoms with van der Waals surface area (Å²) in [4.78, 5) is 17.3. The fourth-order valence-electron chi connectivity index (χ4n) is 4.20. The number of hydrogen-bond donors (Lipinski definition) is 1. The van der Waals surface area contributed by atoms with E-state index in [1.807, 2.05) is 30.1 Å². The molecule has 1 aromatic rings. The number of amides is 1. The van der Waals surface area contributed by atoms with Gasteiger partial charge in [0.05, 0.1) is 22.6 Å². The first-order valence-electron chi connectivity index (χ1n) is 9.70. The van der Waals surface area contributed by atoms with Crippen LogP contribution in [0.1, 0.15) is 43.7 Å². The van der Waals surface area contributed by atoms with Crippen molar-refractivity contribution in [2.75, 3.05) is 39.8 Å². The van der Waals surface area contributed by atoms with Crippen molar-refractivity contribution >= 4 is 41.5 Å². The highest BCUT2D eigenvalue weighted by molar-refractivity contribution is 6.42. The van der Waals surface area contributed by atoms with Crippen LogP contribution in [0.5, 0.6) is 0 Å². The van der Waals surface area contributed by atoms with Crippen LogP contribution >= 0.6 is 35.6 Å². The highest BCUT2D eigenvalue weighted by atomic mass is 35.5. The van der Waals surface area contributed by atoms with Gasteiger partial charge in [-0.2, -0.15) is 0 Å². The molecule has 0 aromatic heterocycles. The fourth-order valence-corrected chi connectivity index (χ4v) is 4.50. The number of carbonyl (C=O) groups excluding carboxylic acids is 1. The van der Waals surface area contributed by atoms with Crippen molar-refractivity contribution in [3.63, 3.8) is 0 Å². The molecule has 1 unspecified atom stereocenters. The van der Waals surface area contributed by atoms with E-state index in [1.165, 1.54) is 19.3 Å². The smallest absolute Gasteiger partial charge is 0.237 e. The van der Waals surface area contributed by atoms with Crippen LogP contribution in [-0.2, 0) is 4.79 Å². The summed E-state index contributed by atoms with van der Waals surface area (Å²) < 4.78 is 0. The summed E-state index contributed by atoms with van der Waals surface area (Å²) in [6.07, 6.45) is 5.68. The predicted molar refractivity (Wildman–Crippen MR) is 115 cm³/mol. The Labute approximate surface area is 179 Å². The van der Waals surface area contributed by atoms with Gasteiger partial charge in [-0.3, -0.25) is 9.69 Å². The molecule has 1 amide bonds. The molecule has 2 aliphatic heterocycles. The van der Waals surface area contributed by atoms with Gasteiger partial charge in [-0.05, 0) is 82.4 Å². The summed E-state index contributed by atoms with van der Waals surface area (Å²) in [7, 11) is 2.01. The molecule has 1 atom stereocenters. The molecule has 2 heterocycles. The second-order valence-corrected chi connectivity index (χ2v) is 8.34. The lowest BCUT2D eigenvalue weighted by Crippen LogP contribution is -2.43. The highest BCUT2D eigenvalue weighted by Crippen LogP contribution is 2.35. The Morgan fingerprint density at radius 2 is 1.89 bits per heavy atom. The maximum absolute atomic E-state index is 12.9. The van der Waals surface area contributed by atoms with E-state index in [4.69, 9.17) is 23.2 Å². The molecule has 152 valence electrons. The van der Waals surface area contributed by atoms with E-state index < -0.39 is 0 Å². The summed E-state index contributed by atoms with van der Waals surface area (Å²) in [5.74, 6) is 1.04. The lowest BCUT2D eigenvalue weighted by Gasteiger charge is -2.33. The van der Waals surface area contributed by atoms with Crippen molar-refractivity contribution < 1.29 is 4.79 Å². The molecule has 2 saturated heterocycles. The molecule has 1 aromatic carbocycles. The van der Waals surface area contributed by atoms with Crippen LogP contribution in [0.2, 0.25) is 10.0 Å². The minimum Gasteiger partial charge on any atom is -0.335 e. The molecule has 1 N–H and O–H groups in total. The number of nitrogens with zero attached hydrogens (tertiary/aromatic N) is 2. The van der Waals surface area contributed by atoms with Crippen molar-refractivity contribution in [2.45, 2.75) is 38.1 Å². The highest BCUT2D eigenvalue weighted by Gasteiger charge is 2.31. The second kappa shape index (κ2) is 10.9. The zero-order chi connectivity index (χ0) is 18.5. The molecular weight excluding hydrogens is 405 g/mol. The van der Waals surface area contributed by atoms with Crippen molar-refractivity contribution in [3.8, 4) is 0 Å². The van der Waals surface area contributed by atoms with Crippen LogP contribution in [0, 0.1) is 5.92 Å². The molecule has 27 heavy (non-hydrogen) atoms. The minimum atomic E-state index is 0. The summed E-state index contributed by atoms with van der Waals surface area (Å²) in [6, 6.07) is 5.87. The largest absolute Gasteiger partial charge is 0.335 e. The van der Waals surface area contributed by atoms with Crippen LogP contribution in [0.3, 0.4) is 0 Å². The average Bonchev–Trinajstić information content (AvgIpc) is 3.13. The van der Waals surface area contributed by atoms with Gasteiger partial charge < -0.3 is 10.2 Å². The first-order valence-corrected chi connectivity index (χ1v) is 10.5. The van der Waals surface area contributed by atoms with Crippen molar-refractivity contribution in [1.29, 1.82) is 0 Å². The molecule has 0 aliphatic carbocycles. The zero-order valence-electron chi connectivity index (χ0n) is 15.9. The normalized spacial score (nSPS) is 21.3. The molecule has 0 spiro atoms. The molecule has 2 aliphatic rings. The Kier molecular flexibility index (Phi) is 9.17. The van der Waals surface area contributed by atoms with E-state index in [9.17, 15) is 4.79 Å². The van der Waals surface area contributed by atoms with Crippen LogP contribution in [0.4, 0.5) is 0 Å². The van der Waals surface area contributed by atoms with Gasteiger partial charge in [0.25, 0.3) is 0 Å². The van der Waals surface area contributed by atoms with Crippen LogP contribution in [0.15, 0.2) is 18.2 Å². The Balaban J connectivity index is 0.00000261. The third-order valence-corrected chi connectivity index (χ3v) is 6.51. The van der Waals surface area contributed by atoms with Gasteiger partial charge in [0.15, 0.2) is 0 Å². The number of nitrogens with one attached hydrogen (secondary N) is 1. The molecule has 0 saturated carbocycles. The molecule has 7 heteroatoms. The Bertz CT molecular complexity index is 620. The third kappa shape index (κ3) is 5.98. The Morgan fingerprint density at radius 1 is 1.15 bits per heavy atom. The first-order chi connectivity index (χ1) is 12.6. The van der Waals surface area contributed by atoms with E-state index in [0.717, 1.165) is 50.5 Å². The Morgan fingerprint density at radius 3 is 2.56 bits per heavy atom. The van der Waals surface area contributed by atoms with Gasteiger partial charge in [-0.15, -0.1) is 12.4 Å². The molecule has 3 rings (SSSR count). The Hall–Kier alpha value is -0.520.